The number of nitro groups is 1. The zero-order valence-electron chi connectivity index (χ0n) is 9.71. The van der Waals surface area contributed by atoms with Crippen LogP contribution < -0.4 is 5.32 Å². The highest BCUT2D eigenvalue weighted by Gasteiger charge is 2.16. The normalized spacial score (nSPS) is 10.2. The summed E-state index contributed by atoms with van der Waals surface area (Å²) in [5.41, 5.74) is 1.38. The van der Waals surface area contributed by atoms with E-state index in [2.05, 4.69) is 26.2 Å². The Morgan fingerprint density at radius 1 is 1.53 bits per heavy atom. The van der Waals surface area contributed by atoms with Gasteiger partial charge in [0.15, 0.2) is 5.13 Å². The lowest BCUT2D eigenvalue weighted by molar-refractivity contribution is -0.380. The van der Waals surface area contributed by atoms with Gasteiger partial charge in [-0.05, 0) is 45.8 Å². The monoisotopic (exact) mass is 341 g/mol. The lowest BCUT2D eigenvalue weighted by atomic mass is 10.1. The number of hydrogen-bond acceptors (Lipinski definition) is 5. The van der Waals surface area contributed by atoms with E-state index in [1.54, 1.807) is 12.1 Å². The molecule has 0 saturated carbocycles. The van der Waals surface area contributed by atoms with Crippen LogP contribution in [0.1, 0.15) is 15.9 Å². The third kappa shape index (κ3) is 2.96. The van der Waals surface area contributed by atoms with Gasteiger partial charge in [-0.1, -0.05) is 12.1 Å². The van der Waals surface area contributed by atoms with Gasteiger partial charge in [-0.25, -0.2) is 4.98 Å². The lowest BCUT2D eigenvalue weighted by Crippen LogP contribution is -2.12. The molecule has 0 bridgehead atoms. The first kappa shape index (κ1) is 13.6. The van der Waals surface area contributed by atoms with E-state index >= 15 is 0 Å². The largest absolute Gasteiger partial charge is 0.345 e. The number of carbonyl (C=O) groups is 1. The maximum absolute atomic E-state index is 12.0. The summed E-state index contributed by atoms with van der Waals surface area (Å²) < 4.78 is 0.693. The molecule has 0 atom stereocenters. The predicted octanol–water partition coefficient (Wildman–Crippen LogP) is 3.37. The molecule has 98 valence electrons. The van der Waals surface area contributed by atoms with Gasteiger partial charge in [0, 0.05) is 4.47 Å². The number of benzene rings is 1. The highest BCUT2D eigenvalue weighted by atomic mass is 79.9. The molecular weight excluding hydrogens is 334 g/mol. The molecule has 0 spiro atoms. The van der Waals surface area contributed by atoms with Crippen molar-refractivity contribution in [3.8, 4) is 0 Å². The third-order valence-corrected chi connectivity index (χ3v) is 4.25. The van der Waals surface area contributed by atoms with E-state index in [1.165, 1.54) is 0 Å². The Labute approximate surface area is 120 Å². The Bertz CT molecular complexity index is 656. The second-order valence-corrected chi connectivity index (χ2v) is 5.45. The number of aromatic nitrogens is 1. The van der Waals surface area contributed by atoms with Crippen molar-refractivity contribution >= 4 is 43.3 Å². The molecule has 1 heterocycles. The van der Waals surface area contributed by atoms with Crippen LogP contribution in [0.25, 0.3) is 0 Å². The van der Waals surface area contributed by atoms with Gasteiger partial charge in [0.1, 0.15) is 6.20 Å². The number of thiazole rings is 1. The minimum atomic E-state index is -0.546. The quantitative estimate of drug-likeness (QED) is 0.684. The molecule has 2 aromatic rings. The minimum absolute atomic E-state index is 0.112. The van der Waals surface area contributed by atoms with E-state index in [4.69, 9.17) is 0 Å². The van der Waals surface area contributed by atoms with Crippen molar-refractivity contribution in [3.63, 3.8) is 0 Å². The lowest BCUT2D eigenvalue weighted by Gasteiger charge is -2.05. The third-order valence-electron chi connectivity index (χ3n) is 2.33. The molecule has 2 rings (SSSR count). The van der Waals surface area contributed by atoms with E-state index < -0.39 is 4.92 Å². The molecule has 0 aliphatic rings. The molecule has 0 saturated heterocycles. The van der Waals surface area contributed by atoms with Crippen LogP contribution in [0, 0.1) is 17.0 Å². The van der Waals surface area contributed by atoms with Crippen molar-refractivity contribution in [3.05, 3.63) is 50.1 Å². The number of nitrogens with zero attached hydrogens (tertiary/aromatic N) is 2. The maximum Gasteiger partial charge on any atom is 0.345 e. The number of halogens is 1. The number of aryl methyl sites for hydroxylation is 1. The first-order chi connectivity index (χ1) is 8.99. The zero-order chi connectivity index (χ0) is 14.0. The summed E-state index contributed by atoms with van der Waals surface area (Å²) in [4.78, 5) is 25.8. The van der Waals surface area contributed by atoms with Crippen molar-refractivity contribution < 1.29 is 9.72 Å². The van der Waals surface area contributed by atoms with Gasteiger partial charge >= 0.3 is 5.00 Å². The van der Waals surface area contributed by atoms with Crippen LogP contribution in [0.3, 0.4) is 0 Å². The van der Waals surface area contributed by atoms with Gasteiger partial charge in [0.25, 0.3) is 5.91 Å². The topological polar surface area (TPSA) is 85.1 Å². The van der Waals surface area contributed by atoms with E-state index in [9.17, 15) is 14.9 Å². The summed E-state index contributed by atoms with van der Waals surface area (Å²) in [6.07, 6.45) is 1.12. The van der Waals surface area contributed by atoms with Crippen molar-refractivity contribution in [1.82, 2.24) is 4.98 Å². The molecule has 1 amide bonds. The molecule has 1 aromatic carbocycles. The highest BCUT2D eigenvalue weighted by Crippen LogP contribution is 2.27. The molecule has 1 N–H and O–H groups in total. The molecule has 6 nitrogen and oxygen atoms in total. The van der Waals surface area contributed by atoms with Crippen molar-refractivity contribution in [1.29, 1.82) is 0 Å². The van der Waals surface area contributed by atoms with Crippen LogP contribution in [0.4, 0.5) is 10.1 Å². The molecule has 0 fully saturated rings. The summed E-state index contributed by atoms with van der Waals surface area (Å²) in [6, 6.07) is 5.29. The van der Waals surface area contributed by atoms with Gasteiger partial charge in [0.2, 0.25) is 0 Å². The predicted molar refractivity (Wildman–Crippen MR) is 75.6 cm³/mol. The SMILES string of the molecule is Cc1cccc(C(=O)Nc2ncc([N+](=O)[O-])s2)c1Br. The minimum Gasteiger partial charge on any atom is -0.298 e. The fourth-order valence-electron chi connectivity index (χ4n) is 1.40. The number of carbonyl (C=O) groups excluding carboxylic acids is 1. The van der Waals surface area contributed by atoms with Crippen molar-refractivity contribution in [2.75, 3.05) is 5.32 Å². The summed E-state index contributed by atoms with van der Waals surface area (Å²) in [5.74, 6) is -0.361. The van der Waals surface area contributed by atoms with E-state index in [-0.39, 0.29) is 16.0 Å². The van der Waals surface area contributed by atoms with Crippen LogP contribution >= 0.6 is 27.3 Å². The van der Waals surface area contributed by atoms with Gasteiger partial charge in [0.05, 0.1) is 10.5 Å². The van der Waals surface area contributed by atoms with E-state index in [0.29, 0.717) is 10.0 Å². The summed E-state index contributed by atoms with van der Waals surface area (Å²) in [6.45, 7) is 1.87. The second-order valence-electron chi connectivity index (χ2n) is 3.65. The van der Waals surface area contributed by atoms with Crippen LogP contribution in [0.2, 0.25) is 0 Å². The Kier molecular flexibility index (Phi) is 3.91. The van der Waals surface area contributed by atoms with Crippen LogP contribution in [0.5, 0.6) is 0 Å². The maximum atomic E-state index is 12.0. The Morgan fingerprint density at radius 2 is 2.26 bits per heavy atom. The molecule has 8 heteroatoms. The summed E-state index contributed by atoms with van der Waals surface area (Å²) in [5, 5.41) is 13.1. The van der Waals surface area contributed by atoms with Gasteiger partial charge in [-0.2, -0.15) is 0 Å². The van der Waals surface area contributed by atoms with Crippen LogP contribution in [0.15, 0.2) is 28.9 Å². The smallest absolute Gasteiger partial charge is 0.298 e. The average molecular weight is 342 g/mol. The fraction of sp³-hybridized carbons (Fsp3) is 0.0909. The first-order valence-electron chi connectivity index (χ1n) is 5.15. The van der Waals surface area contributed by atoms with Gasteiger partial charge in [-0.3, -0.25) is 20.2 Å². The molecule has 19 heavy (non-hydrogen) atoms. The number of nitrogens with one attached hydrogen (secondary N) is 1. The second kappa shape index (κ2) is 5.45. The number of anilines is 1. The summed E-state index contributed by atoms with van der Waals surface area (Å²) in [7, 11) is 0. The Hall–Kier alpha value is -1.80. The fourth-order valence-corrected chi connectivity index (χ4v) is 2.47. The molecule has 0 aliphatic carbocycles. The Balaban J connectivity index is 2.21. The van der Waals surface area contributed by atoms with Crippen LogP contribution in [-0.4, -0.2) is 15.8 Å². The van der Waals surface area contributed by atoms with Gasteiger partial charge in [-0.15, -0.1) is 0 Å². The molecule has 0 radical (unpaired) electrons. The first-order valence-corrected chi connectivity index (χ1v) is 6.76. The number of hydrogen-bond donors (Lipinski definition) is 1. The number of rotatable bonds is 3. The molecule has 1 aromatic heterocycles. The van der Waals surface area contributed by atoms with Crippen LogP contribution in [-0.2, 0) is 0 Å². The highest BCUT2D eigenvalue weighted by molar-refractivity contribution is 9.10. The molecular formula is C11H8BrN3O3S. The number of amides is 1. The van der Waals surface area contributed by atoms with Crippen molar-refractivity contribution in [2.45, 2.75) is 6.92 Å². The zero-order valence-corrected chi connectivity index (χ0v) is 12.1. The molecule has 0 unspecified atom stereocenters. The standard InChI is InChI=1S/C11H8BrN3O3S/c1-6-3-2-4-7(9(6)12)10(16)14-11-13-5-8(19-11)15(17)18/h2-5H,1H3,(H,13,14,16). The van der Waals surface area contributed by atoms with E-state index in [1.807, 2.05) is 13.0 Å². The van der Waals surface area contributed by atoms with Gasteiger partial charge < -0.3 is 0 Å². The van der Waals surface area contributed by atoms with E-state index in [0.717, 1.165) is 23.1 Å². The average Bonchev–Trinajstić information content (AvgIpc) is 2.81. The Morgan fingerprint density at radius 3 is 2.89 bits per heavy atom. The summed E-state index contributed by atoms with van der Waals surface area (Å²) >= 11 is 4.15. The molecule has 0 aliphatic heterocycles. The van der Waals surface area contributed by atoms with Crippen molar-refractivity contribution in [2.24, 2.45) is 0 Å².